The van der Waals surface area contributed by atoms with Gasteiger partial charge < -0.3 is 29.0 Å². The Morgan fingerprint density at radius 3 is 2.09 bits per heavy atom. The van der Waals surface area contributed by atoms with E-state index >= 15 is 0 Å². The van der Waals surface area contributed by atoms with Crippen LogP contribution in [0.25, 0.3) is 0 Å². The molecule has 1 fully saturated rings. The number of carbonyl (C=O) groups is 3. The first-order valence-corrected chi connectivity index (χ1v) is 24.9. The average Bonchev–Trinajstić information content (AvgIpc) is 3.13. The monoisotopic (exact) mass is 860 g/mol. The highest BCUT2D eigenvalue weighted by Gasteiger charge is 2.40. The van der Waals surface area contributed by atoms with Gasteiger partial charge in [-0.25, -0.2) is 4.79 Å². The second kappa shape index (κ2) is 18.9. The van der Waals surface area contributed by atoms with Gasteiger partial charge in [0.1, 0.15) is 41.3 Å². The molecule has 0 bridgehead atoms. The molecule has 0 spiro atoms. The van der Waals surface area contributed by atoms with Crippen LogP contribution >= 0.6 is 32.8 Å². The van der Waals surface area contributed by atoms with E-state index in [2.05, 4.69) is 23.5 Å². The molecule has 2 atom stereocenters. The summed E-state index contributed by atoms with van der Waals surface area (Å²) in [6.45, 7) is 4.94. The molecular formula is C36H34N2O13P2S3. The summed E-state index contributed by atoms with van der Waals surface area (Å²) < 4.78 is 14.6. The fourth-order valence-electron chi connectivity index (χ4n) is 5.14. The summed E-state index contributed by atoms with van der Waals surface area (Å²) >= 11 is 9.43. The minimum Gasteiger partial charge on any atom is -0.508 e. The van der Waals surface area contributed by atoms with Crippen LogP contribution in [0.5, 0.6) is 23.0 Å². The van der Waals surface area contributed by atoms with E-state index < -0.39 is 63.9 Å². The van der Waals surface area contributed by atoms with Gasteiger partial charge in [-0.2, -0.15) is 0 Å². The number of aromatic hydroxyl groups is 1. The summed E-state index contributed by atoms with van der Waals surface area (Å²) in [5.41, 5.74) is 1.49. The Bertz CT molecular complexity index is 2130. The molecule has 5 rings (SSSR count). The molecule has 0 amide bonds. The van der Waals surface area contributed by atoms with Crippen LogP contribution in [0.1, 0.15) is 54.6 Å². The molecule has 294 valence electrons. The summed E-state index contributed by atoms with van der Waals surface area (Å²) in [7, 11) is 0. The number of phenolic OH excluding ortho intramolecular Hbond substituents is 1. The zero-order chi connectivity index (χ0) is 40.6. The predicted molar refractivity (Wildman–Crippen MR) is 216 cm³/mol. The van der Waals surface area contributed by atoms with E-state index in [0.717, 1.165) is 28.7 Å². The molecule has 20 heteroatoms. The van der Waals surface area contributed by atoms with Crippen molar-refractivity contribution in [2.45, 2.75) is 45.6 Å². The molecule has 4 aromatic carbocycles. The molecule has 15 nitrogen and oxygen atoms in total. The number of hydrogen-bond acceptors (Lipinski definition) is 16. The average molecular weight is 861 g/mol. The molecule has 0 radical (unpaired) electrons. The fraction of sp³-hybridized carbons (Fsp3) is 0.250. The summed E-state index contributed by atoms with van der Waals surface area (Å²) in [5.74, 6) is -3.15. The largest absolute Gasteiger partial charge is 0.508 e. The summed E-state index contributed by atoms with van der Waals surface area (Å²) in [6.07, 6.45) is -2.30. The van der Waals surface area contributed by atoms with Crippen LogP contribution in [0.4, 0.5) is 0 Å². The molecule has 1 saturated heterocycles. The highest BCUT2D eigenvalue weighted by Crippen LogP contribution is 2.99. The SMILES string of the molecule is CC(C)Cc1ccc(C(C)C(=O)Oc2ccc(OC(=O)CC(CO[N+](=O)[O-])O[N+](=O)[O-])c(C(=O)Oc3ccc(P4(=S)SP(c5ccc(O)cc5)S4)cc3)c2)cc1. The van der Waals surface area contributed by atoms with Gasteiger partial charge in [0, 0.05) is 5.30 Å². The van der Waals surface area contributed by atoms with Gasteiger partial charge in [0.15, 0.2) is 0 Å². The lowest BCUT2D eigenvalue weighted by Crippen LogP contribution is -2.29. The first-order valence-electron chi connectivity index (χ1n) is 16.7. The van der Waals surface area contributed by atoms with Crippen LogP contribution in [-0.4, -0.2) is 45.9 Å². The molecule has 1 N–H and O–H groups in total. The molecule has 1 aliphatic heterocycles. The van der Waals surface area contributed by atoms with E-state index in [-0.39, 0.29) is 28.6 Å². The van der Waals surface area contributed by atoms with Crippen LogP contribution in [0.3, 0.4) is 0 Å². The van der Waals surface area contributed by atoms with E-state index in [1.165, 1.54) is 12.1 Å². The minimum absolute atomic E-state index is 0.0728. The first-order chi connectivity index (χ1) is 26.6. The highest BCUT2D eigenvalue weighted by atomic mass is 33.7. The standard InChI is InChI=1S/C36H34N2O13P2S3/c1-22(2)18-24-4-6-25(7-5-24)23(3)35(41)49-28-12-17-33(50-34(40)20-29(51-38(45)46)21-47-37(43)44)32(19-28)36(42)48-27-10-15-31(16-11-27)53(54)55-52(56-53)30-13-8-26(39)9-14-30/h4-17,19,22-23,29,39H,18,20-21H2,1-3H3. The van der Waals surface area contributed by atoms with Crippen molar-refractivity contribution < 1.29 is 53.5 Å². The number of phenols is 1. The molecule has 4 aromatic rings. The van der Waals surface area contributed by atoms with E-state index in [1.807, 2.05) is 36.4 Å². The Labute approximate surface area is 334 Å². The Kier molecular flexibility index (Phi) is 14.3. The second-order valence-electron chi connectivity index (χ2n) is 12.6. The van der Waals surface area contributed by atoms with Crippen LogP contribution in [0.15, 0.2) is 91.0 Å². The maximum atomic E-state index is 13.6. The smallest absolute Gasteiger partial charge is 0.347 e. The number of hydrogen-bond donors (Lipinski definition) is 1. The third-order valence-electron chi connectivity index (χ3n) is 7.87. The Morgan fingerprint density at radius 2 is 1.48 bits per heavy atom. The topological polar surface area (TPSA) is 204 Å². The van der Waals surface area contributed by atoms with Gasteiger partial charge in [0.25, 0.3) is 10.2 Å². The van der Waals surface area contributed by atoms with Crippen molar-refractivity contribution >= 4 is 73.1 Å². The van der Waals surface area contributed by atoms with Crippen molar-refractivity contribution in [1.82, 2.24) is 0 Å². The van der Waals surface area contributed by atoms with Gasteiger partial charge >= 0.3 is 17.9 Å². The molecule has 2 unspecified atom stereocenters. The molecule has 1 aliphatic rings. The van der Waals surface area contributed by atoms with Crippen molar-refractivity contribution in [3.8, 4) is 23.0 Å². The fourth-order valence-corrected chi connectivity index (χ4v) is 31.1. The molecule has 0 aliphatic carbocycles. The van der Waals surface area contributed by atoms with Crippen LogP contribution < -0.4 is 24.8 Å². The van der Waals surface area contributed by atoms with E-state index in [0.29, 0.717) is 11.5 Å². The lowest BCUT2D eigenvalue weighted by Gasteiger charge is -2.37. The van der Waals surface area contributed by atoms with Crippen molar-refractivity contribution in [1.29, 1.82) is 0 Å². The normalized spacial score (nSPS) is 17.1. The lowest BCUT2D eigenvalue weighted by atomic mass is 9.97. The maximum absolute atomic E-state index is 13.6. The zero-order valence-electron chi connectivity index (χ0n) is 29.9. The second-order valence-corrected chi connectivity index (χ2v) is 29.3. The summed E-state index contributed by atoms with van der Waals surface area (Å²) in [6, 6.07) is 24.9. The van der Waals surface area contributed by atoms with Crippen LogP contribution in [-0.2, 0) is 37.5 Å². The number of ether oxygens (including phenoxy) is 3. The number of nitrogens with zero attached hydrogens (tertiary/aromatic N) is 2. The van der Waals surface area contributed by atoms with Gasteiger partial charge in [0.05, 0.1) is 23.1 Å². The van der Waals surface area contributed by atoms with Crippen LogP contribution in [0.2, 0.25) is 0 Å². The van der Waals surface area contributed by atoms with Gasteiger partial charge in [-0.3, -0.25) is 9.59 Å². The molecular weight excluding hydrogens is 827 g/mol. The van der Waals surface area contributed by atoms with Crippen molar-refractivity contribution in [3.63, 3.8) is 0 Å². The van der Waals surface area contributed by atoms with Crippen molar-refractivity contribution in [2.75, 3.05) is 6.61 Å². The Balaban J connectivity index is 1.32. The lowest BCUT2D eigenvalue weighted by molar-refractivity contribution is -0.789. The third kappa shape index (κ3) is 11.6. The molecule has 0 aromatic heterocycles. The van der Waals surface area contributed by atoms with E-state index in [4.69, 9.17) is 26.0 Å². The van der Waals surface area contributed by atoms with Crippen molar-refractivity contribution in [3.05, 3.63) is 128 Å². The third-order valence-corrected chi connectivity index (χ3v) is 32.9. The van der Waals surface area contributed by atoms with Crippen LogP contribution in [0, 0.1) is 26.1 Å². The number of carbonyl (C=O) groups excluding carboxylic acids is 3. The van der Waals surface area contributed by atoms with E-state index in [9.17, 15) is 39.7 Å². The Morgan fingerprint density at radius 1 is 0.839 bits per heavy atom. The van der Waals surface area contributed by atoms with Gasteiger partial charge in [0.2, 0.25) is 0 Å². The number of rotatable bonds is 17. The quantitative estimate of drug-likeness (QED) is 0.0356. The van der Waals surface area contributed by atoms with Gasteiger partial charge in [-0.15, -0.1) is 20.2 Å². The molecule has 0 saturated carbocycles. The summed E-state index contributed by atoms with van der Waals surface area (Å²) in [4.78, 5) is 69.7. The van der Waals surface area contributed by atoms with Gasteiger partial charge in [-0.05, 0) is 102 Å². The van der Waals surface area contributed by atoms with Crippen molar-refractivity contribution in [2.24, 2.45) is 5.92 Å². The van der Waals surface area contributed by atoms with Gasteiger partial charge in [-0.1, -0.05) is 71.9 Å². The Hall–Kier alpha value is -4.73. The molecule has 1 heterocycles. The highest BCUT2D eigenvalue weighted by molar-refractivity contribution is 9.43. The predicted octanol–water partition coefficient (Wildman–Crippen LogP) is 7.65. The molecule has 56 heavy (non-hydrogen) atoms. The van der Waals surface area contributed by atoms with E-state index in [1.54, 1.807) is 65.3 Å². The zero-order valence-corrected chi connectivity index (χ0v) is 34.1. The first kappa shape index (κ1) is 42.4. The number of esters is 3. The maximum Gasteiger partial charge on any atom is 0.347 e. The number of benzene rings is 4. The minimum atomic E-state index is -2.02. The summed E-state index contributed by atoms with van der Waals surface area (Å²) in [5, 5.41) is 30.7.